The van der Waals surface area contributed by atoms with Crippen molar-refractivity contribution in [1.82, 2.24) is 4.90 Å². The Morgan fingerprint density at radius 3 is 2.65 bits per heavy atom. The monoisotopic (exact) mass is 320 g/mol. The Balaban J connectivity index is 1.99. The largest absolute Gasteiger partial charge is 0.444 e. The fourth-order valence-electron chi connectivity index (χ4n) is 2.99. The second-order valence-corrected chi connectivity index (χ2v) is 7.23. The zero-order valence-electron chi connectivity index (χ0n) is 14.2. The summed E-state index contributed by atoms with van der Waals surface area (Å²) >= 11 is 0. The molecule has 0 bridgehead atoms. The van der Waals surface area contributed by atoms with Crippen LogP contribution in [0.4, 0.5) is 4.79 Å². The summed E-state index contributed by atoms with van der Waals surface area (Å²) in [6.45, 7) is 6.13. The number of carbonyl (C=O) groups is 1. The van der Waals surface area contributed by atoms with Crippen LogP contribution in [0.15, 0.2) is 30.3 Å². The van der Waals surface area contributed by atoms with Gasteiger partial charge in [-0.05, 0) is 45.6 Å². The van der Waals surface area contributed by atoms with Gasteiger partial charge in [-0.15, -0.1) is 0 Å². The molecule has 0 saturated carbocycles. The fourth-order valence-corrected chi connectivity index (χ4v) is 2.99. The van der Waals surface area contributed by atoms with Gasteiger partial charge >= 0.3 is 6.09 Å². The molecular formula is C18H28N2O3. The number of amides is 1. The van der Waals surface area contributed by atoms with Gasteiger partial charge in [-0.2, -0.15) is 0 Å². The summed E-state index contributed by atoms with van der Waals surface area (Å²) in [5, 5.41) is 10.6. The van der Waals surface area contributed by atoms with E-state index in [1.807, 2.05) is 51.1 Å². The molecule has 1 aromatic rings. The lowest BCUT2D eigenvalue weighted by Gasteiger charge is -2.33. The Kier molecular flexibility index (Phi) is 5.65. The van der Waals surface area contributed by atoms with Gasteiger partial charge in [0.15, 0.2) is 0 Å². The second-order valence-electron chi connectivity index (χ2n) is 7.23. The summed E-state index contributed by atoms with van der Waals surface area (Å²) in [6.07, 6.45) is 1.07. The van der Waals surface area contributed by atoms with Gasteiger partial charge in [0.2, 0.25) is 0 Å². The number of aliphatic hydroxyl groups excluding tert-OH is 1. The van der Waals surface area contributed by atoms with Gasteiger partial charge in [0.05, 0.1) is 12.1 Å². The van der Waals surface area contributed by atoms with E-state index in [0.29, 0.717) is 13.0 Å². The fraction of sp³-hybridized carbons (Fsp3) is 0.611. The molecule has 0 unspecified atom stereocenters. The van der Waals surface area contributed by atoms with E-state index in [-0.39, 0.29) is 12.1 Å². The average Bonchev–Trinajstić information content (AvgIpc) is 2.95. The van der Waals surface area contributed by atoms with Crippen molar-refractivity contribution in [3.05, 3.63) is 35.9 Å². The highest BCUT2D eigenvalue weighted by atomic mass is 16.6. The Labute approximate surface area is 138 Å². The van der Waals surface area contributed by atoms with Gasteiger partial charge in [-0.3, -0.25) is 0 Å². The summed E-state index contributed by atoms with van der Waals surface area (Å²) in [5.41, 5.74) is 6.73. The molecule has 5 nitrogen and oxygen atoms in total. The Morgan fingerprint density at radius 2 is 2.04 bits per heavy atom. The zero-order valence-corrected chi connectivity index (χ0v) is 14.2. The van der Waals surface area contributed by atoms with Crippen molar-refractivity contribution in [2.24, 2.45) is 5.73 Å². The molecule has 23 heavy (non-hydrogen) atoms. The molecule has 3 atom stereocenters. The van der Waals surface area contributed by atoms with Gasteiger partial charge in [-0.25, -0.2) is 4.79 Å². The van der Waals surface area contributed by atoms with Crippen LogP contribution in [0.1, 0.15) is 39.2 Å². The Bertz CT molecular complexity index is 513. The highest BCUT2D eigenvalue weighted by Crippen LogP contribution is 2.25. The van der Waals surface area contributed by atoms with Crippen molar-refractivity contribution >= 4 is 6.09 Å². The molecule has 1 fully saturated rings. The van der Waals surface area contributed by atoms with E-state index in [9.17, 15) is 9.90 Å². The lowest BCUT2D eigenvalue weighted by atomic mass is 9.96. The summed E-state index contributed by atoms with van der Waals surface area (Å²) < 4.78 is 5.44. The molecule has 1 heterocycles. The quantitative estimate of drug-likeness (QED) is 0.892. The van der Waals surface area contributed by atoms with Crippen LogP contribution in [-0.2, 0) is 11.2 Å². The lowest BCUT2D eigenvalue weighted by molar-refractivity contribution is 0.000868. The third kappa shape index (κ3) is 4.94. The zero-order chi connectivity index (χ0) is 17.0. The number of nitrogens with two attached hydrogens (primary N) is 1. The predicted octanol–water partition coefficient (Wildman–Crippen LogP) is 2.32. The molecule has 3 N–H and O–H groups in total. The molecule has 0 spiro atoms. The van der Waals surface area contributed by atoms with Crippen molar-refractivity contribution in [2.75, 3.05) is 6.54 Å². The van der Waals surface area contributed by atoms with Gasteiger partial charge in [0.25, 0.3) is 0 Å². The molecule has 1 aliphatic rings. The number of benzene rings is 1. The summed E-state index contributed by atoms with van der Waals surface area (Å²) in [6, 6.07) is 9.16. The minimum absolute atomic E-state index is 0.274. The molecule has 5 heteroatoms. The molecule has 128 valence electrons. The first-order valence-electron chi connectivity index (χ1n) is 8.25. The second kappa shape index (κ2) is 7.32. The number of hydrogen-bond acceptors (Lipinski definition) is 4. The average molecular weight is 320 g/mol. The Hall–Kier alpha value is -1.59. The molecule has 0 aromatic heterocycles. The number of nitrogens with zero attached hydrogens (tertiary/aromatic N) is 1. The van der Waals surface area contributed by atoms with Crippen LogP contribution in [0.3, 0.4) is 0 Å². The molecule has 0 aliphatic carbocycles. The maximum absolute atomic E-state index is 12.3. The number of aliphatic hydroxyl groups is 1. The molecule has 1 aliphatic heterocycles. The maximum atomic E-state index is 12.3. The number of likely N-dealkylation sites (tertiary alicyclic amines) is 1. The molecule has 1 saturated heterocycles. The highest BCUT2D eigenvalue weighted by Gasteiger charge is 2.38. The molecule has 1 amide bonds. The molecule has 2 rings (SSSR count). The summed E-state index contributed by atoms with van der Waals surface area (Å²) in [5.74, 6) is 0. The van der Waals surface area contributed by atoms with E-state index in [0.717, 1.165) is 18.4 Å². The molecule has 0 radical (unpaired) electrons. The van der Waals surface area contributed by atoms with Crippen LogP contribution in [0, 0.1) is 0 Å². The van der Waals surface area contributed by atoms with Gasteiger partial charge in [-0.1, -0.05) is 30.3 Å². The Morgan fingerprint density at radius 1 is 1.39 bits per heavy atom. The van der Waals surface area contributed by atoms with Crippen LogP contribution < -0.4 is 5.73 Å². The minimum atomic E-state index is -0.759. The first-order valence-corrected chi connectivity index (χ1v) is 8.25. The maximum Gasteiger partial charge on any atom is 0.410 e. The number of hydrogen-bond donors (Lipinski definition) is 2. The van der Waals surface area contributed by atoms with E-state index in [4.69, 9.17) is 10.5 Å². The van der Waals surface area contributed by atoms with E-state index in [1.165, 1.54) is 0 Å². The first kappa shape index (κ1) is 17.8. The minimum Gasteiger partial charge on any atom is -0.444 e. The number of carbonyl (C=O) groups excluding carboxylic acids is 1. The van der Waals surface area contributed by atoms with Gasteiger partial charge < -0.3 is 20.5 Å². The third-order valence-electron chi connectivity index (χ3n) is 4.07. The van der Waals surface area contributed by atoms with E-state index >= 15 is 0 Å². The third-order valence-corrected chi connectivity index (χ3v) is 4.07. The van der Waals surface area contributed by atoms with Gasteiger partial charge in [0.1, 0.15) is 5.60 Å². The predicted molar refractivity (Wildman–Crippen MR) is 90.1 cm³/mol. The van der Waals surface area contributed by atoms with Crippen LogP contribution >= 0.6 is 0 Å². The standard InChI is InChI=1S/C18H28N2O3/c1-18(2,3)23-17(22)20-11-7-10-15(20)16(21)14(19)12-13-8-5-4-6-9-13/h4-6,8-9,14-16,21H,7,10-12,19H2,1-3H3/t14-,15+,16+/m0/s1. The van der Waals surface area contributed by atoms with E-state index in [1.54, 1.807) is 4.90 Å². The summed E-state index contributed by atoms with van der Waals surface area (Å²) in [4.78, 5) is 13.9. The van der Waals surface area contributed by atoms with Crippen molar-refractivity contribution in [2.45, 2.75) is 63.8 Å². The number of ether oxygens (including phenoxy) is 1. The topological polar surface area (TPSA) is 75.8 Å². The van der Waals surface area contributed by atoms with Crippen LogP contribution in [0.2, 0.25) is 0 Å². The SMILES string of the molecule is CC(C)(C)OC(=O)N1CCC[C@@H]1[C@H](O)[C@@H](N)Cc1ccccc1. The van der Waals surface area contributed by atoms with Gasteiger partial charge in [0, 0.05) is 12.6 Å². The number of rotatable bonds is 4. The summed E-state index contributed by atoms with van der Waals surface area (Å²) in [7, 11) is 0. The molecule has 1 aromatic carbocycles. The van der Waals surface area contributed by atoms with Crippen molar-refractivity contribution in [3.63, 3.8) is 0 Å². The van der Waals surface area contributed by atoms with Crippen LogP contribution in [0.25, 0.3) is 0 Å². The normalized spacial score (nSPS) is 21.1. The lowest BCUT2D eigenvalue weighted by Crippen LogP contribution is -2.52. The molecular weight excluding hydrogens is 292 g/mol. The highest BCUT2D eigenvalue weighted by molar-refractivity contribution is 5.69. The van der Waals surface area contributed by atoms with E-state index in [2.05, 4.69) is 0 Å². The first-order chi connectivity index (χ1) is 10.8. The van der Waals surface area contributed by atoms with Crippen LogP contribution in [-0.4, -0.2) is 46.4 Å². The van der Waals surface area contributed by atoms with Crippen molar-refractivity contribution in [3.8, 4) is 0 Å². The smallest absolute Gasteiger partial charge is 0.410 e. The van der Waals surface area contributed by atoms with E-state index < -0.39 is 17.7 Å². The van der Waals surface area contributed by atoms with Crippen molar-refractivity contribution in [1.29, 1.82) is 0 Å². The van der Waals surface area contributed by atoms with Crippen molar-refractivity contribution < 1.29 is 14.6 Å². The van der Waals surface area contributed by atoms with Crippen LogP contribution in [0.5, 0.6) is 0 Å².